The minimum Gasteiger partial charge on any atom is -0.550 e. The van der Waals surface area contributed by atoms with E-state index in [1.807, 2.05) is 27.7 Å². The molecule has 0 atom stereocenters. The molecule has 0 aromatic carbocycles. The van der Waals surface area contributed by atoms with Gasteiger partial charge in [-0.05, 0) is 40.5 Å². The van der Waals surface area contributed by atoms with Crippen molar-refractivity contribution in [2.24, 2.45) is 5.92 Å². The van der Waals surface area contributed by atoms with Crippen molar-refractivity contribution in [3.8, 4) is 0 Å². The fourth-order valence-corrected chi connectivity index (χ4v) is 2.44. The standard InChI is InChI=1S/C10H19NO3.Na/c1-9(2)5-7(8(12)13)6-10(3,4)11(9)14;/h7,14H,5-6H2,1-4H3,(H,12,13);/q;+1/p-1. The zero-order valence-corrected chi connectivity index (χ0v) is 12.2. The van der Waals surface area contributed by atoms with Gasteiger partial charge in [0.15, 0.2) is 0 Å². The van der Waals surface area contributed by atoms with Crippen molar-refractivity contribution in [1.29, 1.82) is 0 Å². The Morgan fingerprint density at radius 2 is 1.60 bits per heavy atom. The first kappa shape index (κ1) is 15.4. The molecule has 1 heterocycles. The van der Waals surface area contributed by atoms with E-state index in [9.17, 15) is 15.1 Å². The first-order chi connectivity index (χ1) is 6.17. The van der Waals surface area contributed by atoms with Crippen LogP contribution in [0.2, 0.25) is 0 Å². The zero-order chi connectivity index (χ0) is 11.1. The van der Waals surface area contributed by atoms with Crippen molar-refractivity contribution in [2.75, 3.05) is 0 Å². The molecule has 82 valence electrons. The number of carboxylic acid groups (broad SMARTS) is 1. The molecule has 0 spiro atoms. The summed E-state index contributed by atoms with van der Waals surface area (Å²) in [6.45, 7) is 7.35. The predicted molar refractivity (Wildman–Crippen MR) is 49.5 cm³/mol. The molecular weight excluding hydrogens is 205 g/mol. The molecule has 1 aliphatic rings. The average Bonchev–Trinajstić information content (AvgIpc) is 1.98. The first-order valence-corrected chi connectivity index (χ1v) is 4.87. The molecule has 1 saturated heterocycles. The second-order valence-electron chi connectivity index (χ2n) is 5.36. The molecule has 0 bridgehead atoms. The summed E-state index contributed by atoms with van der Waals surface area (Å²) in [5.74, 6) is -1.48. The van der Waals surface area contributed by atoms with Crippen LogP contribution < -0.4 is 34.7 Å². The number of piperidine rings is 1. The molecule has 0 amide bonds. The van der Waals surface area contributed by atoms with E-state index in [4.69, 9.17) is 0 Å². The minimum atomic E-state index is -1.01. The van der Waals surface area contributed by atoms with Crippen molar-refractivity contribution in [3.05, 3.63) is 0 Å². The molecule has 1 rings (SSSR count). The van der Waals surface area contributed by atoms with Crippen molar-refractivity contribution >= 4 is 5.97 Å². The van der Waals surface area contributed by atoms with Gasteiger partial charge in [0.25, 0.3) is 0 Å². The van der Waals surface area contributed by atoms with Gasteiger partial charge in [-0.25, -0.2) is 0 Å². The van der Waals surface area contributed by atoms with E-state index in [0.717, 1.165) is 0 Å². The smallest absolute Gasteiger partial charge is 0.550 e. The van der Waals surface area contributed by atoms with Gasteiger partial charge >= 0.3 is 29.6 Å². The summed E-state index contributed by atoms with van der Waals surface area (Å²) >= 11 is 0. The maximum absolute atomic E-state index is 10.8. The van der Waals surface area contributed by atoms with Gasteiger partial charge in [-0.3, -0.25) is 0 Å². The minimum absolute atomic E-state index is 0. The molecule has 1 aliphatic heterocycles. The van der Waals surface area contributed by atoms with Gasteiger partial charge in [0.1, 0.15) is 0 Å². The molecule has 5 heteroatoms. The van der Waals surface area contributed by atoms with Gasteiger partial charge in [0.2, 0.25) is 0 Å². The molecule has 1 fully saturated rings. The summed E-state index contributed by atoms with van der Waals surface area (Å²) in [6.07, 6.45) is 0.852. The number of carboxylic acids is 1. The molecule has 15 heavy (non-hydrogen) atoms. The number of hydroxylamine groups is 2. The van der Waals surface area contributed by atoms with E-state index >= 15 is 0 Å². The Morgan fingerprint density at radius 3 is 1.87 bits per heavy atom. The van der Waals surface area contributed by atoms with Crippen LogP contribution in [0.25, 0.3) is 0 Å². The van der Waals surface area contributed by atoms with Gasteiger partial charge < -0.3 is 15.1 Å². The number of nitrogens with zero attached hydrogens (tertiary/aromatic N) is 1. The van der Waals surface area contributed by atoms with E-state index < -0.39 is 23.0 Å². The van der Waals surface area contributed by atoms with Gasteiger partial charge in [0.05, 0.1) is 0 Å². The Bertz CT molecular complexity index is 235. The van der Waals surface area contributed by atoms with Crippen LogP contribution in [0.1, 0.15) is 40.5 Å². The third kappa shape index (κ3) is 3.17. The number of hydrogen-bond acceptors (Lipinski definition) is 4. The first-order valence-electron chi connectivity index (χ1n) is 4.87. The van der Waals surface area contributed by atoms with Crippen LogP contribution in [0.5, 0.6) is 0 Å². The van der Waals surface area contributed by atoms with E-state index in [1.165, 1.54) is 5.06 Å². The molecule has 0 unspecified atom stereocenters. The number of rotatable bonds is 1. The van der Waals surface area contributed by atoms with E-state index in [2.05, 4.69) is 0 Å². The third-order valence-corrected chi connectivity index (χ3v) is 2.97. The van der Waals surface area contributed by atoms with Gasteiger partial charge in [-0.2, -0.15) is 5.06 Å². The number of carbonyl (C=O) groups is 1. The quantitative estimate of drug-likeness (QED) is 0.495. The Labute approximate surface area is 113 Å². The largest absolute Gasteiger partial charge is 1.00 e. The number of aliphatic carboxylic acids is 1. The van der Waals surface area contributed by atoms with Crippen molar-refractivity contribution in [3.63, 3.8) is 0 Å². The maximum atomic E-state index is 10.8. The number of carbonyl (C=O) groups excluding carboxylic acids is 1. The van der Waals surface area contributed by atoms with Crippen molar-refractivity contribution < 1.29 is 44.7 Å². The fraction of sp³-hybridized carbons (Fsp3) is 0.900. The zero-order valence-electron chi connectivity index (χ0n) is 10.2. The van der Waals surface area contributed by atoms with Crippen LogP contribution in [0, 0.1) is 5.92 Å². The van der Waals surface area contributed by atoms with E-state index in [1.54, 1.807) is 0 Å². The molecular formula is C10H18NNaO3. The summed E-state index contributed by atoms with van der Waals surface area (Å²) in [6, 6.07) is 0. The van der Waals surface area contributed by atoms with Gasteiger partial charge in [-0.1, -0.05) is 0 Å². The number of hydrogen-bond donors (Lipinski definition) is 1. The predicted octanol–water partition coefficient (Wildman–Crippen LogP) is -2.60. The summed E-state index contributed by atoms with van der Waals surface area (Å²) in [4.78, 5) is 10.8. The molecule has 0 aromatic rings. The Morgan fingerprint density at radius 1 is 1.27 bits per heavy atom. The second kappa shape index (κ2) is 4.72. The van der Waals surface area contributed by atoms with E-state index in [0.29, 0.717) is 12.8 Å². The SMILES string of the molecule is CC1(C)CC(C(=O)[O-])CC(C)(C)N1O.[Na+]. The fourth-order valence-electron chi connectivity index (χ4n) is 2.44. The Kier molecular flexibility index (Phi) is 4.84. The van der Waals surface area contributed by atoms with Gasteiger partial charge in [-0.15, -0.1) is 0 Å². The monoisotopic (exact) mass is 223 g/mol. The van der Waals surface area contributed by atoms with Crippen LogP contribution in [0.15, 0.2) is 0 Å². The summed E-state index contributed by atoms with van der Waals surface area (Å²) < 4.78 is 0. The average molecular weight is 223 g/mol. The maximum Gasteiger partial charge on any atom is 1.00 e. The van der Waals surface area contributed by atoms with Crippen LogP contribution in [-0.4, -0.2) is 27.3 Å². The molecule has 0 aromatic heterocycles. The second-order valence-corrected chi connectivity index (χ2v) is 5.36. The van der Waals surface area contributed by atoms with Crippen molar-refractivity contribution in [1.82, 2.24) is 5.06 Å². The normalized spacial score (nSPS) is 25.7. The van der Waals surface area contributed by atoms with Crippen LogP contribution in [-0.2, 0) is 4.79 Å². The summed E-state index contributed by atoms with van der Waals surface area (Å²) in [5, 5.41) is 22.0. The molecule has 1 N–H and O–H groups in total. The van der Waals surface area contributed by atoms with Gasteiger partial charge in [0, 0.05) is 23.0 Å². The molecule has 0 radical (unpaired) electrons. The molecule has 0 saturated carbocycles. The summed E-state index contributed by atoms with van der Waals surface area (Å²) in [7, 11) is 0. The third-order valence-electron chi connectivity index (χ3n) is 2.97. The van der Waals surface area contributed by atoms with E-state index in [-0.39, 0.29) is 29.6 Å². The molecule has 0 aliphatic carbocycles. The summed E-state index contributed by atoms with van der Waals surface area (Å²) in [5.41, 5.74) is -1.01. The topological polar surface area (TPSA) is 63.6 Å². The van der Waals surface area contributed by atoms with Crippen molar-refractivity contribution in [2.45, 2.75) is 51.6 Å². The van der Waals surface area contributed by atoms with Crippen LogP contribution >= 0.6 is 0 Å². The van der Waals surface area contributed by atoms with Crippen LogP contribution in [0.4, 0.5) is 0 Å². The Balaban J connectivity index is 0.00000196. The molecule has 4 nitrogen and oxygen atoms in total. The van der Waals surface area contributed by atoms with Crippen LogP contribution in [0.3, 0.4) is 0 Å². The Hall–Kier alpha value is 0.390.